The Kier molecular flexibility index (Phi) is 5.28. The average molecular weight is 314 g/mol. The second kappa shape index (κ2) is 7.38. The largest absolute Gasteiger partial charge is 0.462 e. The number of nitrogens with zero attached hydrogens (tertiary/aromatic N) is 2. The number of rotatable bonds is 5. The second-order valence-electron chi connectivity index (χ2n) is 4.32. The van der Waals surface area contributed by atoms with E-state index in [1.807, 2.05) is 11.4 Å². The van der Waals surface area contributed by atoms with Crippen molar-refractivity contribution < 1.29 is 14.3 Å². The monoisotopic (exact) mass is 314 g/mol. The summed E-state index contributed by atoms with van der Waals surface area (Å²) in [5.41, 5.74) is 0.259. The minimum atomic E-state index is -0.687. The van der Waals surface area contributed by atoms with Gasteiger partial charge in [0.1, 0.15) is 6.07 Å². The Morgan fingerprint density at radius 2 is 2.23 bits per heavy atom. The SMILES string of the molecule is CCOC(=O)/C(C#N)=C1\C=CC=CN1CC(=O)c1cccs1. The first kappa shape index (κ1) is 15.7. The molecule has 22 heavy (non-hydrogen) atoms. The average Bonchev–Trinajstić information content (AvgIpc) is 3.04. The number of Topliss-reactive ketones (excluding diaryl/α,β-unsaturated/α-hetero) is 1. The molecule has 2 heterocycles. The van der Waals surface area contributed by atoms with Crippen molar-refractivity contribution in [3.63, 3.8) is 0 Å². The van der Waals surface area contributed by atoms with Gasteiger partial charge in [-0.15, -0.1) is 11.3 Å². The summed E-state index contributed by atoms with van der Waals surface area (Å²) in [5, 5.41) is 11.1. The number of carbonyl (C=O) groups is 2. The Hall–Kier alpha value is -2.65. The van der Waals surface area contributed by atoms with Crippen LogP contribution in [-0.2, 0) is 9.53 Å². The van der Waals surface area contributed by atoms with E-state index >= 15 is 0 Å². The fourth-order valence-corrected chi connectivity index (χ4v) is 2.58. The fourth-order valence-electron chi connectivity index (χ4n) is 1.92. The van der Waals surface area contributed by atoms with Crippen molar-refractivity contribution in [3.05, 3.63) is 58.1 Å². The summed E-state index contributed by atoms with van der Waals surface area (Å²) in [6, 6.07) is 5.42. The Morgan fingerprint density at radius 1 is 1.41 bits per heavy atom. The third-order valence-corrected chi connectivity index (χ3v) is 3.81. The quantitative estimate of drug-likeness (QED) is 0.362. The van der Waals surface area contributed by atoms with Gasteiger partial charge in [0.25, 0.3) is 0 Å². The lowest BCUT2D eigenvalue weighted by molar-refractivity contribution is -0.138. The van der Waals surface area contributed by atoms with Gasteiger partial charge in [-0.2, -0.15) is 5.26 Å². The Balaban J connectivity index is 2.27. The van der Waals surface area contributed by atoms with Crippen molar-refractivity contribution in [1.29, 1.82) is 5.26 Å². The molecule has 0 saturated carbocycles. The molecule has 0 saturated heterocycles. The minimum Gasteiger partial charge on any atom is -0.462 e. The van der Waals surface area contributed by atoms with Gasteiger partial charge in [0.05, 0.1) is 23.7 Å². The molecule has 6 heteroatoms. The summed E-state index contributed by atoms with van der Waals surface area (Å²) in [7, 11) is 0. The third kappa shape index (κ3) is 3.51. The number of thiophene rings is 1. The van der Waals surface area contributed by atoms with E-state index in [2.05, 4.69) is 0 Å². The van der Waals surface area contributed by atoms with Gasteiger partial charge in [0.15, 0.2) is 11.4 Å². The Labute approximate surface area is 132 Å². The summed E-state index contributed by atoms with van der Waals surface area (Å²) in [6.45, 7) is 1.92. The zero-order valence-electron chi connectivity index (χ0n) is 12.0. The number of carbonyl (C=O) groups excluding carboxylic acids is 2. The predicted molar refractivity (Wildman–Crippen MR) is 82.9 cm³/mol. The van der Waals surface area contributed by atoms with Crippen molar-refractivity contribution in [2.45, 2.75) is 6.92 Å². The van der Waals surface area contributed by atoms with E-state index in [1.165, 1.54) is 11.3 Å². The molecule has 5 nitrogen and oxygen atoms in total. The first-order valence-electron chi connectivity index (χ1n) is 6.67. The zero-order valence-corrected chi connectivity index (χ0v) is 12.8. The lowest BCUT2D eigenvalue weighted by Gasteiger charge is -2.23. The lowest BCUT2D eigenvalue weighted by Crippen LogP contribution is -2.27. The van der Waals surface area contributed by atoms with Crippen LogP contribution in [0, 0.1) is 11.3 Å². The minimum absolute atomic E-state index is 0.0568. The van der Waals surface area contributed by atoms with Crippen LogP contribution in [0.4, 0.5) is 0 Å². The summed E-state index contributed by atoms with van der Waals surface area (Å²) in [4.78, 5) is 26.3. The van der Waals surface area contributed by atoms with Crippen molar-refractivity contribution in [3.8, 4) is 6.07 Å². The highest BCUT2D eigenvalue weighted by atomic mass is 32.1. The van der Waals surface area contributed by atoms with Crippen LogP contribution in [0.2, 0.25) is 0 Å². The maximum absolute atomic E-state index is 12.2. The van der Waals surface area contributed by atoms with Gasteiger partial charge in [-0.3, -0.25) is 4.79 Å². The molecule has 2 rings (SSSR count). The number of hydrogen-bond acceptors (Lipinski definition) is 6. The Bertz CT molecular complexity index is 693. The van der Waals surface area contributed by atoms with E-state index in [0.717, 1.165) is 0 Å². The maximum Gasteiger partial charge on any atom is 0.351 e. The normalized spacial score (nSPS) is 15.4. The molecule has 0 aromatic carbocycles. The standard InChI is InChI=1S/C16H14N2O3S/c1-2-21-16(20)12(10-17)13-6-3-4-8-18(13)11-14(19)15-7-5-9-22-15/h3-9H,2,11H2,1H3/b13-12+. The molecule has 112 valence electrons. The van der Waals surface area contributed by atoms with Gasteiger partial charge in [-0.05, 0) is 30.5 Å². The van der Waals surface area contributed by atoms with Crippen molar-refractivity contribution >= 4 is 23.1 Å². The smallest absolute Gasteiger partial charge is 0.351 e. The van der Waals surface area contributed by atoms with Crippen LogP contribution < -0.4 is 0 Å². The number of nitriles is 1. The van der Waals surface area contributed by atoms with Crippen LogP contribution in [0.15, 0.2) is 53.2 Å². The molecule has 0 amide bonds. The molecule has 0 bridgehead atoms. The fraction of sp³-hybridized carbons (Fsp3) is 0.188. The molecule has 0 N–H and O–H groups in total. The van der Waals surface area contributed by atoms with E-state index in [0.29, 0.717) is 10.6 Å². The topological polar surface area (TPSA) is 70.4 Å². The van der Waals surface area contributed by atoms with Gasteiger partial charge in [0.2, 0.25) is 0 Å². The van der Waals surface area contributed by atoms with E-state index in [1.54, 1.807) is 48.4 Å². The molecule has 0 aliphatic carbocycles. The van der Waals surface area contributed by atoms with Gasteiger partial charge in [0, 0.05) is 6.20 Å². The van der Waals surface area contributed by atoms with Crippen molar-refractivity contribution in [1.82, 2.24) is 4.90 Å². The van der Waals surface area contributed by atoms with Gasteiger partial charge >= 0.3 is 5.97 Å². The first-order chi connectivity index (χ1) is 10.7. The third-order valence-electron chi connectivity index (χ3n) is 2.90. The number of ketones is 1. The van der Waals surface area contributed by atoms with Gasteiger partial charge in [-0.1, -0.05) is 12.1 Å². The molecular weight excluding hydrogens is 300 g/mol. The Morgan fingerprint density at radius 3 is 2.86 bits per heavy atom. The van der Waals surface area contributed by atoms with Crippen LogP contribution in [-0.4, -0.2) is 29.8 Å². The molecule has 1 aromatic heterocycles. The van der Waals surface area contributed by atoms with Crippen LogP contribution >= 0.6 is 11.3 Å². The molecule has 0 fully saturated rings. The number of hydrogen-bond donors (Lipinski definition) is 0. The highest BCUT2D eigenvalue weighted by Gasteiger charge is 2.22. The second-order valence-corrected chi connectivity index (χ2v) is 5.27. The molecule has 1 aliphatic heterocycles. The molecule has 0 unspecified atom stereocenters. The number of ether oxygens (including phenoxy) is 1. The highest BCUT2D eigenvalue weighted by Crippen LogP contribution is 2.19. The van der Waals surface area contributed by atoms with Gasteiger partial charge < -0.3 is 9.64 Å². The molecular formula is C16H14N2O3S. The summed E-state index contributed by atoms with van der Waals surface area (Å²) in [6.07, 6.45) is 6.73. The number of allylic oxidation sites excluding steroid dienone is 3. The molecule has 1 aliphatic rings. The number of esters is 1. The van der Waals surface area contributed by atoms with Crippen LogP contribution in [0.3, 0.4) is 0 Å². The molecule has 1 aromatic rings. The van der Waals surface area contributed by atoms with Crippen LogP contribution in [0.5, 0.6) is 0 Å². The predicted octanol–water partition coefficient (Wildman–Crippen LogP) is 2.66. The zero-order chi connectivity index (χ0) is 15.9. The van der Waals surface area contributed by atoms with Crippen LogP contribution in [0.25, 0.3) is 0 Å². The van der Waals surface area contributed by atoms with Crippen LogP contribution in [0.1, 0.15) is 16.6 Å². The first-order valence-corrected chi connectivity index (χ1v) is 7.55. The van der Waals surface area contributed by atoms with E-state index < -0.39 is 5.97 Å². The molecule has 0 spiro atoms. The van der Waals surface area contributed by atoms with Crippen molar-refractivity contribution in [2.75, 3.05) is 13.2 Å². The van der Waals surface area contributed by atoms with Crippen molar-refractivity contribution in [2.24, 2.45) is 0 Å². The lowest BCUT2D eigenvalue weighted by atomic mass is 10.1. The molecule has 0 atom stereocenters. The molecule has 0 radical (unpaired) electrons. The highest BCUT2D eigenvalue weighted by molar-refractivity contribution is 7.12. The van der Waals surface area contributed by atoms with E-state index in [4.69, 9.17) is 4.74 Å². The summed E-state index contributed by atoms with van der Waals surface area (Å²) in [5.74, 6) is -0.762. The van der Waals surface area contributed by atoms with Gasteiger partial charge in [-0.25, -0.2) is 4.79 Å². The van der Waals surface area contributed by atoms with E-state index in [9.17, 15) is 14.9 Å². The summed E-state index contributed by atoms with van der Waals surface area (Å²) >= 11 is 1.36. The maximum atomic E-state index is 12.2. The summed E-state index contributed by atoms with van der Waals surface area (Å²) < 4.78 is 4.89. The van der Waals surface area contributed by atoms with E-state index in [-0.39, 0.29) is 24.5 Å².